The second-order valence-corrected chi connectivity index (χ2v) is 7.12. The van der Waals surface area contributed by atoms with Crippen molar-refractivity contribution in [3.63, 3.8) is 0 Å². The summed E-state index contributed by atoms with van der Waals surface area (Å²) in [7, 11) is 1.77. The van der Waals surface area contributed by atoms with E-state index in [1.165, 1.54) is 23.5 Å². The number of fused-ring (bicyclic) bond motifs is 1. The lowest BCUT2D eigenvalue weighted by molar-refractivity contribution is -0.384. The average Bonchev–Trinajstić information content (AvgIpc) is 3.19. The van der Waals surface area contributed by atoms with Crippen LogP contribution in [0, 0.1) is 10.1 Å². The minimum Gasteiger partial charge on any atom is -0.397 e. The average molecular weight is 421 g/mol. The summed E-state index contributed by atoms with van der Waals surface area (Å²) in [5.74, 6) is -0.154. The van der Waals surface area contributed by atoms with E-state index in [1.54, 1.807) is 37.4 Å². The number of nitrogens with one attached hydrogen (secondary N) is 2. The standard InChI is InChI=1S/C13H12N2O.C8H7N3O2S/c14-11-8-4-5-9-12(11)15-13(16)10-6-2-1-3-7-10;1-9-8-10-6-3-2-5(11(12)13)4-7(6)14-8/h1-9H,14H2,(H,15,16);2-4H,1H3,(H,9,10). The van der Waals surface area contributed by atoms with E-state index in [4.69, 9.17) is 5.73 Å². The van der Waals surface area contributed by atoms with Crippen molar-refractivity contribution in [2.75, 3.05) is 23.4 Å². The number of benzene rings is 3. The minimum atomic E-state index is -0.405. The Labute approximate surface area is 176 Å². The van der Waals surface area contributed by atoms with Crippen molar-refractivity contribution in [2.45, 2.75) is 0 Å². The van der Waals surface area contributed by atoms with Crippen LogP contribution in [0.1, 0.15) is 10.4 Å². The number of anilines is 3. The van der Waals surface area contributed by atoms with Crippen molar-refractivity contribution < 1.29 is 9.72 Å². The van der Waals surface area contributed by atoms with Gasteiger partial charge in [-0.25, -0.2) is 4.98 Å². The fraction of sp³-hybridized carbons (Fsp3) is 0.0476. The van der Waals surface area contributed by atoms with Crippen LogP contribution in [-0.2, 0) is 0 Å². The third kappa shape index (κ3) is 5.09. The molecule has 4 rings (SSSR count). The van der Waals surface area contributed by atoms with Crippen molar-refractivity contribution in [3.05, 3.63) is 88.5 Å². The molecule has 0 aliphatic carbocycles. The van der Waals surface area contributed by atoms with Gasteiger partial charge in [-0.15, -0.1) is 0 Å². The zero-order valence-electron chi connectivity index (χ0n) is 16.0. The topological polar surface area (TPSA) is 123 Å². The molecule has 30 heavy (non-hydrogen) atoms. The molecule has 0 saturated carbocycles. The first-order valence-electron chi connectivity index (χ1n) is 8.91. The first-order valence-corrected chi connectivity index (χ1v) is 9.73. The smallest absolute Gasteiger partial charge is 0.270 e. The van der Waals surface area contributed by atoms with E-state index in [0.29, 0.717) is 16.9 Å². The molecule has 0 fully saturated rings. The molecule has 152 valence electrons. The van der Waals surface area contributed by atoms with Gasteiger partial charge in [-0.05, 0) is 30.3 Å². The Bertz CT molecular complexity index is 1180. The van der Waals surface area contributed by atoms with Crippen molar-refractivity contribution in [3.8, 4) is 0 Å². The molecule has 0 saturated heterocycles. The molecule has 0 unspecified atom stereocenters. The number of hydrogen-bond donors (Lipinski definition) is 3. The fourth-order valence-corrected chi connectivity index (χ4v) is 3.38. The van der Waals surface area contributed by atoms with E-state index in [1.807, 2.05) is 30.3 Å². The van der Waals surface area contributed by atoms with Gasteiger partial charge in [0, 0.05) is 24.7 Å². The van der Waals surface area contributed by atoms with E-state index in [2.05, 4.69) is 15.6 Å². The molecule has 0 radical (unpaired) electrons. The van der Waals surface area contributed by atoms with Gasteiger partial charge < -0.3 is 16.4 Å². The predicted octanol–water partition coefficient (Wildman–Crippen LogP) is 4.77. The summed E-state index contributed by atoms with van der Waals surface area (Å²) in [6, 6.07) is 20.9. The largest absolute Gasteiger partial charge is 0.397 e. The van der Waals surface area contributed by atoms with Gasteiger partial charge in [-0.2, -0.15) is 0 Å². The Morgan fingerprint density at radius 2 is 1.77 bits per heavy atom. The molecule has 4 N–H and O–H groups in total. The summed E-state index contributed by atoms with van der Waals surface area (Å²) in [5, 5.41) is 16.9. The molecule has 0 atom stereocenters. The van der Waals surface area contributed by atoms with Gasteiger partial charge in [0.1, 0.15) is 0 Å². The Balaban J connectivity index is 0.000000172. The second-order valence-electron chi connectivity index (χ2n) is 6.09. The van der Waals surface area contributed by atoms with Crippen molar-refractivity contribution in [2.24, 2.45) is 0 Å². The van der Waals surface area contributed by atoms with Crippen LogP contribution in [0.4, 0.5) is 22.2 Å². The molecule has 0 spiro atoms. The van der Waals surface area contributed by atoms with E-state index in [-0.39, 0.29) is 11.6 Å². The van der Waals surface area contributed by atoms with E-state index in [9.17, 15) is 14.9 Å². The summed E-state index contributed by atoms with van der Waals surface area (Å²) in [5.41, 5.74) is 8.43. The normalized spacial score (nSPS) is 10.0. The molecule has 1 aromatic heterocycles. The van der Waals surface area contributed by atoms with E-state index in [0.717, 1.165) is 15.3 Å². The van der Waals surface area contributed by atoms with Gasteiger partial charge in [0.15, 0.2) is 5.13 Å². The quantitative estimate of drug-likeness (QED) is 0.248. The molecule has 0 aliphatic heterocycles. The molecule has 3 aromatic carbocycles. The van der Waals surface area contributed by atoms with Crippen LogP contribution in [0.15, 0.2) is 72.8 Å². The number of hydrogen-bond acceptors (Lipinski definition) is 7. The van der Waals surface area contributed by atoms with Crippen molar-refractivity contribution in [1.29, 1.82) is 0 Å². The lowest BCUT2D eigenvalue weighted by atomic mass is 10.2. The molecule has 1 heterocycles. The highest BCUT2D eigenvalue weighted by Gasteiger charge is 2.09. The van der Waals surface area contributed by atoms with E-state index >= 15 is 0 Å². The summed E-state index contributed by atoms with van der Waals surface area (Å²) in [6.45, 7) is 0. The van der Waals surface area contributed by atoms with Crippen LogP contribution in [0.3, 0.4) is 0 Å². The van der Waals surface area contributed by atoms with E-state index < -0.39 is 4.92 Å². The Morgan fingerprint density at radius 3 is 2.43 bits per heavy atom. The third-order valence-corrected chi connectivity index (χ3v) is 5.08. The Hall–Kier alpha value is -3.98. The number of nitrogens with two attached hydrogens (primary N) is 1. The Morgan fingerprint density at radius 1 is 1.07 bits per heavy atom. The number of rotatable bonds is 4. The van der Waals surface area contributed by atoms with Gasteiger partial charge in [0.05, 0.1) is 26.5 Å². The predicted molar refractivity (Wildman–Crippen MR) is 121 cm³/mol. The number of para-hydroxylation sites is 2. The molecule has 0 aliphatic rings. The highest BCUT2D eigenvalue weighted by molar-refractivity contribution is 7.22. The molecular weight excluding hydrogens is 402 g/mol. The van der Waals surface area contributed by atoms with Gasteiger partial charge in [-0.3, -0.25) is 14.9 Å². The summed E-state index contributed by atoms with van der Waals surface area (Å²) < 4.78 is 0.823. The fourth-order valence-electron chi connectivity index (χ4n) is 2.53. The lowest BCUT2D eigenvalue weighted by Gasteiger charge is -2.07. The number of nitro groups is 1. The summed E-state index contributed by atoms with van der Waals surface area (Å²) in [6.07, 6.45) is 0. The maximum Gasteiger partial charge on any atom is 0.270 e. The molecule has 0 bridgehead atoms. The number of carbonyl (C=O) groups excluding carboxylic acids is 1. The van der Waals surface area contributed by atoms with Gasteiger partial charge in [0.25, 0.3) is 11.6 Å². The molecule has 1 amide bonds. The van der Waals surface area contributed by atoms with Crippen LogP contribution in [0.25, 0.3) is 10.2 Å². The molecule has 8 nitrogen and oxygen atoms in total. The highest BCUT2D eigenvalue weighted by atomic mass is 32.1. The number of nitrogen functional groups attached to an aromatic ring is 1. The van der Waals surface area contributed by atoms with Crippen molar-refractivity contribution in [1.82, 2.24) is 4.98 Å². The zero-order valence-corrected chi connectivity index (χ0v) is 16.8. The first kappa shape index (κ1) is 20.7. The SMILES string of the molecule is CNc1nc2ccc([N+](=O)[O-])cc2s1.Nc1ccccc1NC(=O)c1ccccc1. The number of non-ortho nitro benzene ring substituents is 1. The highest BCUT2D eigenvalue weighted by Crippen LogP contribution is 2.28. The summed E-state index contributed by atoms with van der Waals surface area (Å²) in [4.78, 5) is 26.1. The van der Waals surface area contributed by atoms with Crippen LogP contribution >= 0.6 is 11.3 Å². The van der Waals surface area contributed by atoms with Crippen molar-refractivity contribution >= 4 is 49.7 Å². The number of amides is 1. The maximum absolute atomic E-state index is 11.8. The van der Waals surface area contributed by atoms with Crippen LogP contribution in [0.5, 0.6) is 0 Å². The third-order valence-electron chi connectivity index (χ3n) is 4.04. The maximum atomic E-state index is 11.8. The number of nitro benzene ring substituents is 1. The zero-order chi connectivity index (χ0) is 21.5. The summed E-state index contributed by atoms with van der Waals surface area (Å²) >= 11 is 1.40. The molecular formula is C21H19N5O3S. The van der Waals surface area contributed by atoms with Crippen LogP contribution in [0.2, 0.25) is 0 Å². The number of carbonyl (C=O) groups is 1. The lowest BCUT2D eigenvalue weighted by Crippen LogP contribution is -2.12. The minimum absolute atomic E-state index is 0.101. The monoisotopic (exact) mass is 421 g/mol. The second kappa shape index (κ2) is 9.48. The molecule has 9 heteroatoms. The Kier molecular flexibility index (Phi) is 6.56. The molecule has 4 aromatic rings. The first-order chi connectivity index (χ1) is 14.5. The van der Waals surface area contributed by atoms with Gasteiger partial charge >= 0.3 is 0 Å². The number of thiazole rings is 1. The number of nitrogens with zero attached hydrogens (tertiary/aromatic N) is 2. The van der Waals surface area contributed by atoms with Gasteiger partial charge in [-0.1, -0.05) is 41.7 Å². The van der Waals surface area contributed by atoms with Crippen LogP contribution < -0.4 is 16.4 Å². The van der Waals surface area contributed by atoms with Gasteiger partial charge in [0.2, 0.25) is 0 Å². The van der Waals surface area contributed by atoms with Crippen LogP contribution in [-0.4, -0.2) is 22.9 Å². The number of aromatic nitrogens is 1.